The second kappa shape index (κ2) is 7.29. The lowest BCUT2D eigenvalue weighted by atomic mass is 10.0. The number of nitrogens with one attached hydrogen (secondary N) is 2. The Morgan fingerprint density at radius 1 is 1.25 bits per heavy atom. The van der Waals surface area contributed by atoms with Crippen LogP contribution in [0.1, 0.15) is 43.6 Å². The van der Waals surface area contributed by atoms with E-state index in [1.165, 1.54) is 0 Å². The van der Waals surface area contributed by atoms with E-state index in [2.05, 4.69) is 31.4 Å². The molecular weight excluding hydrogens is 252 g/mol. The van der Waals surface area contributed by atoms with Crippen LogP contribution in [-0.4, -0.2) is 29.7 Å². The van der Waals surface area contributed by atoms with Gasteiger partial charge in [0.1, 0.15) is 0 Å². The van der Waals surface area contributed by atoms with Crippen molar-refractivity contribution in [3.05, 3.63) is 29.3 Å². The molecule has 112 valence electrons. The van der Waals surface area contributed by atoms with E-state index in [4.69, 9.17) is 5.11 Å². The van der Waals surface area contributed by atoms with Crippen LogP contribution in [0.3, 0.4) is 0 Å². The van der Waals surface area contributed by atoms with Crippen LogP contribution in [0.25, 0.3) is 0 Å². The summed E-state index contributed by atoms with van der Waals surface area (Å²) in [4.78, 5) is 12.2. The number of amides is 1. The summed E-state index contributed by atoms with van der Waals surface area (Å²) in [5.74, 6) is 0.367. The van der Waals surface area contributed by atoms with E-state index in [1.807, 2.05) is 19.1 Å². The minimum Gasteiger partial charge on any atom is -0.394 e. The molecule has 0 saturated heterocycles. The average molecular weight is 278 g/mol. The van der Waals surface area contributed by atoms with Crippen molar-refractivity contribution in [1.82, 2.24) is 5.32 Å². The van der Waals surface area contributed by atoms with Crippen LogP contribution in [0.15, 0.2) is 18.2 Å². The van der Waals surface area contributed by atoms with Crippen LogP contribution < -0.4 is 10.6 Å². The van der Waals surface area contributed by atoms with Gasteiger partial charge in [0.2, 0.25) is 0 Å². The van der Waals surface area contributed by atoms with Crippen molar-refractivity contribution in [2.45, 2.75) is 46.7 Å². The monoisotopic (exact) mass is 278 g/mol. The summed E-state index contributed by atoms with van der Waals surface area (Å²) in [6.45, 7) is 10.1. The Morgan fingerprint density at radius 3 is 2.45 bits per heavy atom. The van der Waals surface area contributed by atoms with Gasteiger partial charge in [0.25, 0.3) is 5.91 Å². The van der Waals surface area contributed by atoms with Crippen LogP contribution in [-0.2, 0) is 0 Å². The molecule has 2 atom stereocenters. The van der Waals surface area contributed by atoms with Crippen molar-refractivity contribution in [1.29, 1.82) is 0 Å². The molecular formula is C16H26N2O2. The first-order valence-corrected chi connectivity index (χ1v) is 7.14. The zero-order chi connectivity index (χ0) is 15.3. The second-order valence-electron chi connectivity index (χ2n) is 5.71. The number of hydrogen-bond acceptors (Lipinski definition) is 3. The number of aliphatic hydroxyl groups excluding tert-OH is 1. The molecule has 1 aromatic carbocycles. The summed E-state index contributed by atoms with van der Waals surface area (Å²) in [5.41, 5.74) is 2.56. The van der Waals surface area contributed by atoms with Crippen molar-refractivity contribution >= 4 is 11.6 Å². The highest BCUT2D eigenvalue weighted by molar-refractivity contribution is 5.97. The summed E-state index contributed by atoms with van der Waals surface area (Å²) in [6, 6.07) is 5.76. The van der Waals surface area contributed by atoms with Gasteiger partial charge in [0.05, 0.1) is 6.61 Å². The van der Waals surface area contributed by atoms with Crippen molar-refractivity contribution in [2.75, 3.05) is 11.9 Å². The predicted molar refractivity (Wildman–Crippen MR) is 83.1 cm³/mol. The van der Waals surface area contributed by atoms with Gasteiger partial charge < -0.3 is 15.7 Å². The molecule has 1 rings (SSSR count). The van der Waals surface area contributed by atoms with Gasteiger partial charge in [-0.3, -0.25) is 4.79 Å². The lowest BCUT2D eigenvalue weighted by molar-refractivity contribution is 0.0921. The third-order valence-electron chi connectivity index (χ3n) is 3.61. The molecule has 4 heteroatoms. The zero-order valence-electron chi connectivity index (χ0n) is 13.0. The van der Waals surface area contributed by atoms with Crippen LogP contribution in [0.2, 0.25) is 0 Å². The zero-order valence-corrected chi connectivity index (χ0v) is 13.0. The van der Waals surface area contributed by atoms with Crippen LogP contribution in [0.4, 0.5) is 5.69 Å². The summed E-state index contributed by atoms with van der Waals surface area (Å²) < 4.78 is 0. The van der Waals surface area contributed by atoms with Gasteiger partial charge in [-0.2, -0.15) is 0 Å². The van der Waals surface area contributed by atoms with Gasteiger partial charge in [-0.25, -0.2) is 0 Å². The topological polar surface area (TPSA) is 61.4 Å². The third kappa shape index (κ3) is 4.23. The van der Waals surface area contributed by atoms with Gasteiger partial charge in [0, 0.05) is 23.3 Å². The van der Waals surface area contributed by atoms with Crippen LogP contribution in [0.5, 0.6) is 0 Å². The standard InChI is InChI=1S/C16H26N2O2/c1-10(2)13(5)18-15-8-6-7-14(12(15)4)16(20)17-11(3)9-19/h6-8,10-11,13,18-19H,9H2,1-5H3,(H,17,20). The predicted octanol–water partition coefficient (Wildman–Crippen LogP) is 2.56. The van der Waals surface area contributed by atoms with Crippen molar-refractivity contribution < 1.29 is 9.90 Å². The van der Waals surface area contributed by atoms with Gasteiger partial charge in [-0.1, -0.05) is 19.9 Å². The fraction of sp³-hybridized carbons (Fsp3) is 0.562. The number of rotatable bonds is 6. The molecule has 3 N–H and O–H groups in total. The van der Waals surface area contributed by atoms with E-state index < -0.39 is 0 Å². The number of benzene rings is 1. The molecule has 0 fully saturated rings. The third-order valence-corrected chi connectivity index (χ3v) is 3.61. The number of aliphatic hydroxyl groups is 1. The lowest BCUT2D eigenvalue weighted by Gasteiger charge is -2.21. The Balaban J connectivity index is 2.92. The van der Waals surface area contributed by atoms with E-state index in [9.17, 15) is 4.79 Å². The molecule has 0 aliphatic rings. The van der Waals surface area contributed by atoms with E-state index in [0.717, 1.165) is 11.3 Å². The molecule has 4 nitrogen and oxygen atoms in total. The summed E-state index contributed by atoms with van der Waals surface area (Å²) in [5, 5.41) is 15.2. The van der Waals surface area contributed by atoms with Crippen molar-refractivity contribution in [3.63, 3.8) is 0 Å². The van der Waals surface area contributed by atoms with E-state index >= 15 is 0 Å². The van der Waals surface area contributed by atoms with Gasteiger partial charge in [0.15, 0.2) is 0 Å². The molecule has 0 saturated carbocycles. The minimum absolute atomic E-state index is 0.0624. The molecule has 0 aromatic heterocycles. The number of hydrogen-bond donors (Lipinski definition) is 3. The number of carbonyl (C=O) groups is 1. The fourth-order valence-corrected chi connectivity index (χ4v) is 1.80. The van der Waals surface area contributed by atoms with E-state index in [1.54, 1.807) is 13.0 Å². The quantitative estimate of drug-likeness (QED) is 0.749. The Bertz CT molecular complexity index is 458. The van der Waals surface area contributed by atoms with Gasteiger partial charge >= 0.3 is 0 Å². The molecule has 0 radical (unpaired) electrons. The lowest BCUT2D eigenvalue weighted by Crippen LogP contribution is -2.35. The molecule has 0 spiro atoms. The fourth-order valence-electron chi connectivity index (χ4n) is 1.80. The first kappa shape index (κ1) is 16.5. The van der Waals surface area contributed by atoms with Gasteiger partial charge in [-0.15, -0.1) is 0 Å². The first-order chi connectivity index (χ1) is 9.36. The van der Waals surface area contributed by atoms with Gasteiger partial charge in [-0.05, 0) is 44.4 Å². The molecule has 20 heavy (non-hydrogen) atoms. The second-order valence-corrected chi connectivity index (χ2v) is 5.71. The largest absolute Gasteiger partial charge is 0.394 e. The van der Waals surface area contributed by atoms with E-state index in [-0.39, 0.29) is 18.6 Å². The Morgan fingerprint density at radius 2 is 1.90 bits per heavy atom. The molecule has 0 heterocycles. The highest BCUT2D eigenvalue weighted by Gasteiger charge is 2.15. The van der Waals surface area contributed by atoms with E-state index in [0.29, 0.717) is 17.5 Å². The average Bonchev–Trinajstić information content (AvgIpc) is 2.40. The van der Waals surface area contributed by atoms with Crippen molar-refractivity contribution in [2.24, 2.45) is 5.92 Å². The number of anilines is 1. The molecule has 0 aliphatic carbocycles. The maximum absolute atomic E-state index is 12.2. The molecule has 1 aromatic rings. The minimum atomic E-state index is -0.242. The highest BCUT2D eigenvalue weighted by atomic mass is 16.3. The van der Waals surface area contributed by atoms with Crippen LogP contribution in [0, 0.1) is 12.8 Å². The smallest absolute Gasteiger partial charge is 0.251 e. The Kier molecular flexibility index (Phi) is 6.02. The molecule has 0 aliphatic heterocycles. The summed E-state index contributed by atoms with van der Waals surface area (Å²) >= 11 is 0. The normalized spacial score (nSPS) is 13.9. The Hall–Kier alpha value is -1.55. The van der Waals surface area contributed by atoms with Crippen LogP contribution >= 0.6 is 0 Å². The van der Waals surface area contributed by atoms with Crippen molar-refractivity contribution in [3.8, 4) is 0 Å². The highest BCUT2D eigenvalue weighted by Crippen LogP contribution is 2.21. The summed E-state index contributed by atoms with van der Waals surface area (Å²) in [6.07, 6.45) is 0. The molecule has 1 amide bonds. The SMILES string of the molecule is Cc1c(NC(C)C(C)C)cccc1C(=O)NC(C)CO. The summed E-state index contributed by atoms with van der Waals surface area (Å²) in [7, 11) is 0. The molecule has 0 bridgehead atoms. The maximum Gasteiger partial charge on any atom is 0.251 e. The maximum atomic E-state index is 12.2. The number of carbonyl (C=O) groups excluding carboxylic acids is 1. The first-order valence-electron chi connectivity index (χ1n) is 7.14. The Labute approximate surface area is 121 Å². The molecule has 2 unspecified atom stereocenters.